The number of hydrogen-bond donors (Lipinski definition) is 0. The molecule has 45 heavy (non-hydrogen) atoms. The maximum absolute atomic E-state index is 17.0. The summed E-state index contributed by atoms with van der Waals surface area (Å²) >= 11 is 0. The number of pyridine rings is 1. The first-order valence-electron chi connectivity index (χ1n) is 16.0. The number of alkyl halides is 1. The van der Waals surface area contributed by atoms with Crippen LogP contribution in [0.2, 0.25) is 0 Å². The van der Waals surface area contributed by atoms with Gasteiger partial charge in [0.05, 0.1) is 29.3 Å². The molecule has 0 saturated carbocycles. The van der Waals surface area contributed by atoms with E-state index >= 15 is 8.78 Å². The van der Waals surface area contributed by atoms with E-state index < -0.39 is 23.3 Å². The molecule has 0 bridgehead atoms. The Hall–Kier alpha value is -3.76. The third-order valence-corrected chi connectivity index (χ3v) is 10.2. The highest BCUT2D eigenvalue weighted by atomic mass is 19.1. The van der Waals surface area contributed by atoms with Crippen LogP contribution in [0.1, 0.15) is 50.3 Å². The summed E-state index contributed by atoms with van der Waals surface area (Å²) in [5.41, 5.74) is 1.89. The van der Waals surface area contributed by atoms with E-state index in [1.54, 1.807) is 19.1 Å². The minimum Gasteiger partial charge on any atom is -0.461 e. The molecule has 0 radical (unpaired) electrons. The summed E-state index contributed by atoms with van der Waals surface area (Å²) in [4.78, 5) is 18.9. The highest BCUT2D eigenvalue weighted by Gasteiger charge is 2.49. The van der Waals surface area contributed by atoms with E-state index in [2.05, 4.69) is 16.4 Å². The Kier molecular flexibility index (Phi) is 6.98. The lowest BCUT2D eigenvalue weighted by Crippen LogP contribution is -2.43. The summed E-state index contributed by atoms with van der Waals surface area (Å²) < 4.78 is 59.0. The number of aryl methyl sites for hydroxylation is 1. The number of rotatable bonds is 5. The van der Waals surface area contributed by atoms with Gasteiger partial charge in [-0.1, -0.05) is 30.8 Å². The number of nitrogens with zero attached hydrogens (tertiary/aromatic N) is 5. The molecule has 0 unspecified atom stereocenters. The zero-order valence-electron chi connectivity index (χ0n) is 25.4. The van der Waals surface area contributed by atoms with Crippen molar-refractivity contribution in [2.45, 2.75) is 63.2 Å². The Morgan fingerprint density at radius 1 is 1.11 bits per heavy atom. The first-order valence-corrected chi connectivity index (χ1v) is 16.0. The minimum absolute atomic E-state index is 0.0341. The summed E-state index contributed by atoms with van der Waals surface area (Å²) in [6.45, 7) is 9.13. The lowest BCUT2D eigenvalue weighted by atomic mass is 9.93. The second-order valence-corrected chi connectivity index (χ2v) is 13.1. The van der Waals surface area contributed by atoms with Crippen molar-refractivity contribution in [3.05, 3.63) is 59.8 Å². The van der Waals surface area contributed by atoms with Crippen LogP contribution in [0, 0.1) is 11.6 Å². The largest absolute Gasteiger partial charge is 0.461 e. The molecular weight excluding hydrogens is 579 g/mol. The highest BCUT2D eigenvalue weighted by Crippen LogP contribution is 2.43. The Labute approximate surface area is 260 Å². The monoisotopic (exact) mass is 615 g/mol. The fourth-order valence-corrected chi connectivity index (χ4v) is 8.10. The third kappa shape index (κ3) is 4.67. The van der Waals surface area contributed by atoms with Gasteiger partial charge in [-0.2, -0.15) is 9.97 Å². The van der Waals surface area contributed by atoms with E-state index in [9.17, 15) is 4.39 Å². The van der Waals surface area contributed by atoms with Gasteiger partial charge >= 0.3 is 6.01 Å². The molecule has 0 aliphatic carbocycles. The Balaban J connectivity index is 1.32. The number of anilines is 1. The van der Waals surface area contributed by atoms with Gasteiger partial charge in [-0.15, -0.1) is 0 Å². The normalized spacial score (nSPS) is 24.8. The lowest BCUT2D eigenvalue weighted by molar-refractivity contribution is 0.107. The molecule has 6 heterocycles. The minimum atomic E-state index is -0.891. The molecule has 10 heteroatoms. The van der Waals surface area contributed by atoms with Gasteiger partial charge in [0.15, 0.2) is 5.82 Å². The zero-order chi connectivity index (χ0) is 30.9. The number of allylic oxidation sites excluding steroid dienone is 1. The van der Waals surface area contributed by atoms with Crippen LogP contribution in [-0.2, 0) is 11.2 Å². The van der Waals surface area contributed by atoms with E-state index in [4.69, 9.17) is 24.4 Å². The average Bonchev–Trinajstić information content (AvgIpc) is 3.37. The van der Waals surface area contributed by atoms with Crippen LogP contribution >= 0.6 is 0 Å². The van der Waals surface area contributed by atoms with Crippen LogP contribution < -0.4 is 9.64 Å². The van der Waals surface area contributed by atoms with Crippen molar-refractivity contribution >= 4 is 33.1 Å². The van der Waals surface area contributed by atoms with Gasteiger partial charge in [-0.05, 0) is 62.6 Å². The summed E-state index contributed by atoms with van der Waals surface area (Å²) in [5.74, 6) is -0.433. The van der Waals surface area contributed by atoms with Gasteiger partial charge in [0.25, 0.3) is 0 Å². The van der Waals surface area contributed by atoms with Crippen LogP contribution in [-0.4, -0.2) is 77.1 Å². The van der Waals surface area contributed by atoms with Crippen LogP contribution in [0.4, 0.5) is 19.0 Å². The molecule has 3 fully saturated rings. The van der Waals surface area contributed by atoms with E-state index in [1.165, 1.54) is 6.07 Å². The van der Waals surface area contributed by atoms with Crippen LogP contribution in [0.3, 0.4) is 0 Å². The topological polar surface area (TPSA) is 63.6 Å². The van der Waals surface area contributed by atoms with Crippen molar-refractivity contribution < 1.29 is 22.6 Å². The van der Waals surface area contributed by atoms with Crippen molar-refractivity contribution in [3.8, 4) is 17.3 Å². The molecule has 4 aromatic rings. The molecule has 8 rings (SSSR count). The third-order valence-electron chi connectivity index (χ3n) is 10.2. The molecule has 3 saturated heterocycles. The molecule has 0 amide bonds. The van der Waals surface area contributed by atoms with Gasteiger partial charge in [0.2, 0.25) is 0 Å². The molecule has 3 atom stereocenters. The number of benzene rings is 2. The first-order chi connectivity index (χ1) is 21.8. The van der Waals surface area contributed by atoms with Gasteiger partial charge < -0.3 is 14.4 Å². The smallest absolute Gasteiger partial charge is 0.319 e. The van der Waals surface area contributed by atoms with E-state index in [-0.39, 0.29) is 29.9 Å². The zero-order valence-corrected chi connectivity index (χ0v) is 25.4. The number of hydrogen-bond acceptors (Lipinski definition) is 7. The molecule has 2 aromatic heterocycles. The van der Waals surface area contributed by atoms with Gasteiger partial charge in [0.1, 0.15) is 35.6 Å². The Morgan fingerprint density at radius 3 is 2.87 bits per heavy atom. The summed E-state index contributed by atoms with van der Waals surface area (Å²) in [6.07, 6.45) is 3.48. The molecule has 4 aliphatic rings. The quantitative estimate of drug-likeness (QED) is 0.249. The van der Waals surface area contributed by atoms with Crippen LogP contribution in [0.5, 0.6) is 6.01 Å². The predicted octanol–water partition coefficient (Wildman–Crippen LogP) is 6.65. The Bertz CT molecular complexity index is 1850. The second-order valence-electron chi connectivity index (χ2n) is 13.1. The predicted molar refractivity (Wildman–Crippen MR) is 168 cm³/mol. The number of fused-ring (bicyclic) bond motifs is 4. The summed E-state index contributed by atoms with van der Waals surface area (Å²) in [7, 11) is 0. The molecule has 7 nitrogen and oxygen atoms in total. The first kappa shape index (κ1) is 28.7. The molecular formula is C35H36F3N5O2. The maximum atomic E-state index is 17.0. The highest BCUT2D eigenvalue weighted by molar-refractivity contribution is 6.05. The van der Waals surface area contributed by atoms with Crippen molar-refractivity contribution in [1.29, 1.82) is 0 Å². The molecule has 0 N–H and O–H groups in total. The van der Waals surface area contributed by atoms with Gasteiger partial charge in [0, 0.05) is 42.6 Å². The van der Waals surface area contributed by atoms with Crippen LogP contribution in [0.15, 0.2) is 36.9 Å². The van der Waals surface area contributed by atoms with Crippen molar-refractivity contribution in [2.75, 3.05) is 44.4 Å². The lowest BCUT2D eigenvalue weighted by Gasteiger charge is -2.31. The van der Waals surface area contributed by atoms with Gasteiger partial charge in [-0.3, -0.25) is 4.90 Å². The van der Waals surface area contributed by atoms with Crippen molar-refractivity contribution in [3.63, 3.8) is 0 Å². The van der Waals surface area contributed by atoms with E-state index in [0.717, 1.165) is 37.6 Å². The SMILES string of the molecule is C=C(C)c1c(F)ccc2cccc(-c3nc4c5c(nc(OC[C@@]67CCCN6C[C@H](F)C7)nc5c3F)N3CCCOC[C@H]3CC4)c12. The second kappa shape index (κ2) is 10.9. The van der Waals surface area contributed by atoms with Crippen LogP contribution in [0.25, 0.3) is 38.5 Å². The average molecular weight is 616 g/mol. The van der Waals surface area contributed by atoms with Crippen molar-refractivity contribution in [2.24, 2.45) is 0 Å². The number of ether oxygens (including phenoxy) is 2. The van der Waals surface area contributed by atoms with Gasteiger partial charge in [-0.25, -0.2) is 18.2 Å². The molecule has 234 valence electrons. The van der Waals surface area contributed by atoms with E-state index in [1.807, 2.05) is 12.1 Å². The van der Waals surface area contributed by atoms with Crippen molar-refractivity contribution in [1.82, 2.24) is 19.9 Å². The standard InChI is InChI=1S/C35H36F3N5O2/c1-20(2)27-25(37)10-8-21-6-3-7-24(28(21)27)31-30(38)32-29-26(39-31)11-9-23-18-44-15-5-14-43(23)33(29)41-34(40-32)45-19-35-12-4-13-42(35)17-22(36)16-35/h3,6-8,10,22-23H,1,4-5,9,11-19H2,2H3/t22-,23-,35+/m1/s1. The van der Waals surface area contributed by atoms with E-state index in [0.29, 0.717) is 78.1 Å². The summed E-state index contributed by atoms with van der Waals surface area (Å²) in [5, 5.41) is 1.90. The molecule has 4 aliphatic heterocycles. The summed E-state index contributed by atoms with van der Waals surface area (Å²) in [6, 6.07) is 8.69. The molecule has 0 spiro atoms. The maximum Gasteiger partial charge on any atom is 0.319 e. The Morgan fingerprint density at radius 2 is 2.00 bits per heavy atom. The number of aromatic nitrogens is 3. The molecule has 2 aromatic carbocycles. The fourth-order valence-electron chi connectivity index (χ4n) is 8.10. The number of halogens is 3. The fraction of sp³-hybridized carbons (Fsp3) is 0.457.